The van der Waals surface area contributed by atoms with Gasteiger partial charge in [-0.25, -0.2) is 0 Å². The highest BCUT2D eigenvalue weighted by Gasteiger charge is 2.50. The van der Waals surface area contributed by atoms with Gasteiger partial charge in [-0.2, -0.15) is 0 Å². The number of ketones is 1. The van der Waals surface area contributed by atoms with E-state index in [2.05, 4.69) is 43.3 Å². The predicted octanol–water partition coefficient (Wildman–Crippen LogP) is 7.59. The third kappa shape index (κ3) is 6.35. The van der Waals surface area contributed by atoms with Crippen molar-refractivity contribution >= 4 is 5.78 Å². The Bertz CT molecular complexity index is 905. The van der Waals surface area contributed by atoms with E-state index in [0.717, 1.165) is 42.7 Å². The van der Waals surface area contributed by atoms with Crippen molar-refractivity contribution in [2.75, 3.05) is 6.79 Å². The molecule has 0 aromatic heterocycles. The molecule has 172 valence electrons. The van der Waals surface area contributed by atoms with Gasteiger partial charge in [-0.15, -0.1) is 0 Å². The number of carbonyl (C=O) groups is 1. The molecule has 2 aromatic carbocycles. The minimum Gasteiger partial charge on any atom is -0.454 e. The Balaban J connectivity index is 0.000000255. The largest absolute Gasteiger partial charge is 0.454 e. The highest BCUT2D eigenvalue weighted by atomic mass is 16.7. The Morgan fingerprint density at radius 2 is 1.62 bits per heavy atom. The summed E-state index contributed by atoms with van der Waals surface area (Å²) in [5.74, 6) is 1.88. The minimum atomic E-state index is -0.273. The van der Waals surface area contributed by atoms with Crippen LogP contribution in [0, 0.1) is 0 Å². The molecule has 1 fully saturated rings. The summed E-state index contributed by atoms with van der Waals surface area (Å²) >= 11 is 0. The first-order chi connectivity index (χ1) is 15.7. The molecule has 0 amide bonds. The fourth-order valence-electron chi connectivity index (χ4n) is 3.76. The van der Waals surface area contributed by atoms with Crippen molar-refractivity contribution in [3.8, 4) is 11.5 Å². The molecule has 0 bridgehead atoms. The van der Waals surface area contributed by atoms with Gasteiger partial charge in [0.1, 0.15) is 5.78 Å². The van der Waals surface area contributed by atoms with Gasteiger partial charge in [0.05, 0.1) is 5.41 Å². The third-order valence-electron chi connectivity index (χ3n) is 5.70. The Morgan fingerprint density at radius 3 is 2.19 bits per heavy atom. The van der Waals surface area contributed by atoms with Gasteiger partial charge < -0.3 is 9.47 Å². The van der Waals surface area contributed by atoms with Gasteiger partial charge in [0.25, 0.3) is 0 Å². The van der Waals surface area contributed by atoms with E-state index < -0.39 is 0 Å². The summed E-state index contributed by atoms with van der Waals surface area (Å²) in [5.41, 5.74) is 3.44. The van der Waals surface area contributed by atoms with Gasteiger partial charge in [-0.3, -0.25) is 4.79 Å². The fraction of sp³-hybridized carbons (Fsp3) is 0.414. The summed E-state index contributed by atoms with van der Waals surface area (Å²) in [5, 5.41) is 0. The average Bonchev–Trinajstić information content (AvgIpc) is 3.27. The van der Waals surface area contributed by atoms with Gasteiger partial charge in [0.2, 0.25) is 6.79 Å². The van der Waals surface area contributed by atoms with Crippen LogP contribution in [0.25, 0.3) is 0 Å². The zero-order valence-corrected chi connectivity index (χ0v) is 20.3. The van der Waals surface area contributed by atoms with Gasteiger partial charge in [-0.05, 0) is 48.9 Å². The number of hydrogen-bond donors (Lipinski definition) is 0. The molecular weight excluding hydrogens is 396 g/mol. The van der Waals surface area contributed by atoms with Crippen LogP contribution in [0.5, 0.6) is 11.5 Å². The smallest absolute Gasteiger partial charge is 0.231 e. The van der Waals surface area contributed by atoms with E-state index in [1.54, 1.807) is 0 Å². The molecule has 5 rings (SSSR count). The van der Waals surface area contributed by atoms with E-state index in [9.17, 15) is 4.79 Å². The van der Waals surface area contributed by atoms with Crippen LogP contribution in [-0.4, -0.2) is 12.6 Å². The zero-order chi connectivity index (χ0) is 23.4. The first kappa shape index (κ1) is 25.5. The SMILES string of the molecule is CC.CC.CCc1ccccc1.O=C(CC1=CC=CC1)C1(c2ccc3c(c2)OCO3)CC1. The molecule has 2 aromatic rings. The number of carbonyl (C=O) groups excluding carboxylic acids is 1. The molecule has 0 spiro atoms. The lowest BCUT2D eigenvalue weighted by molar-refractivity contribution is -0.120. The molecule has 1 aliphatic heterocycles. The number of hydrogen-bond acceptors (Lipinski definition) is 3. The number of ether oxygens (including phenoxy) is 2. The van der Waals surface area contributed by atoms with Crippen LogP contribution in [0.2, 0.25) is 0 Å². The number of allylic oxidation sites excluding steroid dienone is 4. The maximum absolute atomic E-state index is 12.6. The fourth-order valence-corrected chi connectivity index (χ4v) is 3.76. The lowest BCUT2D eigenvalue weighted by Gasteiger charge is -2.15. The Labute approximate surface area is 194 Å². The molecule has 0 unspecified atom stereocenters. The van der Waals surface area contributed by atoms with Crippen molar-refractivity contribution in [1.82, 2.24) is 0 Å². The van der Waals surface area contributed by atoms with E-state index >= 15 is 0 Å². The normalized spacial score (nSPS) is 15.7. The second-order valence-corrected chi connectivity index (χ2v) is 7.55. The molecule has 0 N–H and O–H groups in total. The van der Waals surface area contributed by atoms with E-state index in [0.29, 0.717) is 12.2 Å². The number of aryl methyl sites for hydroxylation is 1. The summed E-state index contributed by atoms with van der Waals surface area (Å²) in [4.78, 5) is 12.6. The monoisotopic (exact) mass is 434 g/mol. The van der Waals surface area contributed by atoms with Crippen molar-refractivity contribution in [2.45, 2.75) is 72.1 Å². The number of benzene rings is 2. The summed E-state index contributed by atoms with van der Waals surface area (Å²) in [7, 11) is 0. The van der Waals surface area contributed by atoms with Crippen LogP contribution in [0.3, 0.4) is 0 Å². The second kappa shape index (κ2) is 12.9. The van der Waals surface area contributed by atoms with Crippen LogP contribution in [0.15, 0.2) is 72.3 Å². The first-order valence-electron chi connectivity index (χ1n) is 12.0. The van der Waals surface area contributed by atoms with Crippen molar-refractivity contribution in [3.05, 3.63) is 83.5 Å². The molecule has 32 heavy (non-hydrogen) atoms. The standard InChI is InChI=1S/C17H16O3.C8H10.2C2H6/c18-16(9-12-3-1-2-4-12)17(7-8-17)13-5-6-14-15(10-13)20-11-19-14;1-2-8-6-4-3-5-7-8;2*1-2/h1-3,5-6,10H,4,7-9,11H2;3-7H,2H2,1H3;2*1-2H3. The molecular formula is C29H38O3. The van der Waals surface area contributed by atoms with Crippen molar-refractivity contribution in [2.24, 2.45) is 0 Å². The molecule has 0 atom stereocenters. The first-order valence-corrected chi connectivity index (χ1v) is 12.0. The summed E-state index contributed by atoms with van der Waals surface area (Å²) in [6.07, 6.45) is 10.7. The molecule has 2 aliphatic carbocycles. The second-order valence-electron chi connectivity index (χ2n) is 7.55. The highest BCUT2D eigenvalue weighted by molar-refractivity contribution is 5.95. The van der Waals surface area contributed by atoms with Gasteiger partial charge in [0.15, 0.2) is 11.5 Å². The number of rotatable bonds is 5. The van der Waals surface area contributed by atoms with Crippen LogP contribution in [0.1, 0.15) is 71.4 Å². The van der Waals surface area contributed by atoms with Crippen molar-refractivity contribution in [1.29, 1.82) is 0 Å². The van der Waals surface area contributed by atoms with Gasteiger partial charge in [0, 0.05) is 6.42 Å². The van der Waals surface area contributed by atoms with Crippen LogP contribution in [0.4, 0.5) is 0 Å². The Morgan fingerprint density at radius 1 is 0.938 bits per heavy atom. The minimum absolute atomic E-state index is 0.273. The maximum Gasteiger partial charge on any atom is 0.231 e. The molecule has 1 heterocycles. The van der Waals surface area contributed by atoms with Gasteiger partial charge >= 0.3 is 0 Å². The summed E-state index contributed by atoms with van der Waals surface area (Å²) in [6.45, 7) is 10.4. The average molecular weight is 435 g/mol. The van der Waals surface area contributed by atoms with Gasteiger partial charge in [-0.1, -0.05) is 94.8 Å². The third-order valence-corrected chi connectivity index (χ3v) is 5.70. The van der Waals surface area contributed by atoms with Crippen LogP contribution < -0.4 is 9.47 Å². The number of Topliss-reactive ketones (excluding diaryl/α,β-unsaturated/α-hetero) is 1. The molecule has 3 heteroatoms. The summed E-state index contributed by atoms with van der Waals surface area (Å²) in [6, 6.07) is 16.4. The quantitative estimate of drug-likeness (QED) is 0.486. The molecule has 0 radical (unpaired) electrons. The van der Waals surface area contributed by atoms with Crippen molar-refractivity contribution in [3.63, 3.8) is 0 Å². The highest BCUT2D eigenvalue weighted by Crippen LogP contribution is 2.52. The predicted molar refractivity (Wildman–Crippen MR) is 133 cm³/mol. The maximum atomic E-state index is 12.6. The van der Waals surface area contributed by atoms with E-state index in [-0.39, 0.29) is 12.2 Å². The Kier molecular flexibility index (Phi) is 10.3. The Hall–Kier alpha value is -2.81. The van der Waals surface area contributed by atoms with E-state index in [1.165, 1.54) is 11.1 Å². The van der Waals surface area contributed by atoms with E-state index in [1.807, 2.05) is 58.0 Å². The van der Waals surface area contributed by atoms with Crippen LogP contribution >= 0.6 is 0 Å². The zero-order valence-electron chi connectivity index (χ0n) is 20.3. The topological polar surface area (TPSA) is 35.5 Å². The van der Waals surface area contributed by atoms with Crippen molar-refractivity contribution < 1.29 is 14.3 Å². The molecule has 0 saturated heterocycles. The lowest BCUT2D eigenvalue weighted by Crippen LogP contribution is -2.20. The molecule has 3 aliphatic rings. The molecule has 3 nitrogen and oxygen atoms in total. The molecule has 1 saturated carbocycles. The van der Waals surface area contributed by atoms with E-state index in [4.69, 9.17) is 9.47 Å². The lowest BCUT2D eigenvalue weighted by atomic mass is 9.87. The number of fused-ring (bicyclic) bond motifs is 1. The van der Waals surface area contributed by atoms with Crippen LogP contribution in [-0.2, 0) is 16.6 Å². The summed E-state index contributed by atoms with van der Waals surface area (Å²) < 4.78 is 10.8.